The molecule has 1 fully saturated rings. The fraction of sp³-hybridized carbons (Fsp3) is 0.381. The van der Waals surface area contributed by atoms with Crippen molar-refractivity contribution in [3.05, 3.63) is 48.5 Å². The van der Waals surface area contributed by atoms with Crippen LogP contribution in [0.15, 0.2) is 48.5 Å². The second-order valence-corrected chi connectivity index (χ2v) is 6.24. The maximum Gasteiger partial charge on any atom is 0.260 e. The topological polar surface area (TPSA) is 51.2 Å². The molecule has 1 amide bonds. The Morgan fingerprint density at radius 2 is 1.67 bits per heavy atom. The summed E-state index contributed by atoms with van der Waals surface area (Å²) in [5.74, 6) is 2.24. The van der Waals surface area contributed by atoms with E-state index in [1.54, 1.807) is 13.2 Å². The monoisotopic (exact) mass is 370 g/mol. The van der Waals surface area contributed by atoms with Crippen molar-refractivity contribution in [3.63, 3.8) is 0 Å². The zero-order valence-corrected chi connectivity index (χ0v) is 15.9. The highest BCUT2D eigenvalue weighted by Gasteiger charge is 2.23. The summed E-state index contributed by atoms with van der Waals surface area (Å²) in [5, 5.41) is 0. The van der Waals surface area contributed by atoms with Crippen LogP contribution in [0.2, 0.25) is 0 Å². The van der Waals surface area contributed by atoms with Crippen molar-refractivity contribution in [2.75, 3.05) is 51.4 Å². The lowest BCUT2D eigenvalue weighted by atomic mass is 10.2. The van der Waals surface area contributed by atoms with E-state index in [9.17, 15) is 4.79 Å². The molecule has 3 rings (SSSR count). The van der Waals surface area contributed by atoms with Crippen LogP contribution in [0.25, 0.3) is 0 Å². The van der Waals surface area contributed by atoms with Gasteiger partial charge in [0, 0.05) is 32.2 Å². The van der Waals surface area contributed by atoms with Crippen LogP contribution >= 0.6 is 0 Å². The second-order valence-electron chi connectivity index (χ2n) is 6.24. The van der Waals surface area contributed by atoms with Crippen LogP contribution in [-0.4, -0.2) is 57.3 Å². The number of carbonyl (C=O) groups excluding carboxylic acids is 1. The Labute approximate surface area is 160 Å². The van der Waals surface area contributed by atoms with Gasteiger partial charge < -0.3 is 24.0 Å². The Kier molecular flexibility index (Phi) is 6.41. The predicted octanol–water partition coefficient (Wildman–Crippen LogP) is 2.82. The number of methoxy groups -OCH3 is 1. The molecule has 6 heteroatoms. The van der Waals surface area contributed by atoms with Crippen molar-refractivity contribution >= 4 is 11.6 Å². The number of para-hydroxylation sites is 2. The second kappa shape index (κ2) is 9.16. The first-order valence-electron chi connectivity index (χ1n) is 9.22. The molecular formula is C21H26N2O4. The van der Waals surface area contributed by atoms with Crippen molar-refractivity contribution in [1.29, 1.82) is 0 Å². The minimum atomic E-state index is -0.00325. The third kappa shape index (κ3) is 4.84. The lowest BCUT2D eigenvalue weighted by molar-refractivity contribution is -0.133. The van der Waals surface area contributed by atoms with E-state index in [1.807, 2.05) is 54.3 Å². The number of benzene rings is 2. The van der Waals surface area contributed by atoms with Gasteiger partial charge in [0.15, 0.2) is 6.61 Å². The third-order valence-corrected chi connectivity index (χ3v) is 4.54. The molecule has 0 bridgehead atoms. The highest BCUT2D eigenvalue weighted by atomic mass is 16.5. The molecule has 2 aromatic carbocycles. The zero-order valence-electron chi connectivity index (χ0n) is 15.9. The summed E-state index contributed by atoms with van der Waals surface area (Å²) in [6.07, 6.45) is 0. The first-order valence-corrected chi connectivity index (χ1v) is 9.22. The summed E-state index contributed by atoms with van der Waals surface area (Å²) < 4.78 is 16.5. The Morgan fingerprint density at radius 1 is 0.963 bits per heavy atom. The maximum atomic E-state index is 12.5. The van der Waals surface area contributed by atoms with Gasteiger partial charge in [0.05, 0.1) is 19.4 Å². The van der Waals surface area contributed by atoms with Crippen LogP contribution in [0.3, 0.4) is 0 Å². The quantitative estimate of drug-likeness (QED) is 0.750. The largest absolute Gasteiger partial charge is 0.495 e. The van der Waals surface area contributed by atoms with E-state index < -0.39 is 0 Å². The lowest BCUT2D eigenvalue weighted by Gasteiger charge is -2.36. The van der Waals surface area contributed by atoms with Crippen LogP contribution in [0, 0.1) is 0 Å². The predicted molar refractivity (Wildman–Crippen MR) is 105 cm³/mol. The molecule has 1 aliphatic heterocycles. The highest BCUT2D eigenvalue weighted by Crippen LogP contribution is 2.28. The normalized spacial score (nSPS) is 14.0. The number of hydrogen-bond acceptors (Lipinski definition) is 5. The number of piperazine rings is 1. The van der Waals surface area contributed by atoms with Gasteiger partial charge in [-0.1, -0.05) is 18.2 Å². The molecular weight excluding hydrogens is 344 g/mol. The Balaban J connectivity index is 1.50. The van der Waals surface area contributed by atoms with Crippen molar-refractivity contribution in [1.82, 2.24) is 4.90 Å². The van der Waals surface area contributed by atoms with Crippen molar-refractivity contribution in [2.45, 2.75) is 6.92 Å². The van der Waals surface area contributed by atoms with Gasteiger partial charge in [0.2, 0.25) is 0 Å². The highest BCUT2D eigenvalue weighted by molar-refractivity contribution is 5.78. The Bertz CT molecular complexity index is 757. The first kappa shape index (κ1) is 18.9. The van der Waals surface area contributed by atoms with E-state index in [0.717, 1.165) is 30.3 Å². The molecule has 1 aliphatic rings. The van der Waals surface area contributed by atoms with E-state index in [4.69, 9.17) is 14.2 Å². The molecule has 6 nitrogen and oxygen atoms in total. The van der Waals surface area contributed by atoms with Gasteiger partial charge in [-0.15, -0.1) is 0 Å². The molecule has 0 aliphatic carbocycles. The first-order chi connectivity index (χ1) is 13.2. The number of carbonyl (C=O) groups is 1. The average Bonchev–Trinajstić information content (AvgIpc) is 2.72. The summed E-state index contributed by atoms with van der Waals surface area (Å²) in [7, 11) is 1.68. The molecule has 0 radical (unpaired) electrons. The molecule has 27 heavy (non-hydrogen) atoms. The number of ether oxygens (including phenoxy) is 3. The molecule has 0 N–H and O–H groups in total. The van der Waals surface area contributed by atoms with Gasteiger partial charge in [0.25, 0.3) is 5.91 Å². The standard InChI is InChI=1S/C21H26N2O4/c1-3-26-17-7-6-8-18(15-17)27-16-21(24)23-13-11-22(12-14-23)19-9-4-5-10-20(19)25-2/h4-10,15H,3,11-14,16H2,1-2H3. The number of nitrogens with zero attached hydrogens (tertiary/aromatic N) is 2. The van der Waals surface area contributed by atoms with E-state index in [1.165, 1.54) is 0 Å². The maximum absolute atomic E-state index is 12.5. The van der Waals surface area contributed by atoms with Crippen LogP contribution in [0.1, 0.15) is 6.92 Å². The van der Waals surface area contributed by atoms with Gasteiger partial charge in [-0.05, 0) is 31.2 Å². The van der Waals surface area contributed by atoms with Crippen molar-refractivity contribution < 1.29 is 19.0 Å². The Hall–Kier alpha value is -2.89. The third-order valence-electron chi connectivity index (χ3n) is 4.54. The molecule has 144 valence electrons. The summed E-state index contributed by atoms with van der Waals surface area (Å²) in [5.41, 5.74) is 1.07. The number of amides is 1. The van der Waals surface area contributed by atoms with Gasteiger partial charge in [0.1, 0.15) is 17.2 Å². The molecule has 1 heterocycles. The molecule has 1 saturated heterocycles. The van der Waals surface area contributed by atoms with Gasteiger partial charge in [-0.25, -0.2) is 0 Å². The minimum Gasteiger partial charge on any atom is -0.495 e. The molecule has 0 unspecified atom stereocenters. The number of hydrogen-bond donors (Lipinski definition) is 0. The zero-order chi connectivity index (χ0) is 19.1. The van der Waals surface area contributed by atoms with Gasteiger partial charge in [-0.3, -0.25) is 4.79 Å². The lowest BCUT2D eigenvalue weighted by Crippen LogP contribution is -2.50. The van der Waals surface area contributed by atoms with E-state index in [2.05, 4.69) is 4.90 Å². The fourth-order valence-corrected chi connectivity index (χ4v) is 3.14. The van der Waals surface area contributed by atoms with Crippen LogP contribution in [0.4, 0.5) is 5.69 Å². The number of rotatable bonds is 7. The molecule has 0 atom stereocenters. The average molecular weight is 370 g/mol. The van der Waals surface area contributed by atoms with Crippen LogP contribution in [0.5, 0.6) is 17.2 Å². The summed E-state index contributed by atoms with van der Waals surface area (Å²) in [6.45, 7) is 5.43. The van der Waals surface area contributed by atoms with Crippen LogP contribution in [-0.2, 0) is 4.79 Å². The summed E-state index contributed by atoms with van der Waals surface area (Å²) in [6, 6.07) is 15.3. The molecule has 0 saturated carbocycles. The van der Waals surface area contributed by atoms with E-state index in [-0.39, 0.29) is 12.5 Å². The Morgan fingerprint density at radius 3 is 2.37 bits per heavy atom. The van der Waals surface area contributed by atoms with E-state index >= 15 is 0 Å². The van der Waals surface area contributed by atoms with E-state index in [0.29, 0.717) is 25.4 Å². The number of anilines is 1. The van der Waals surface area contributed by atoms with Crippen molar-refractivity contribution in [3.8, 4) is 17.2 Å². The molecule has 0 aromatic heterocycles. The van der Waals surface area contributed by atoms with Gasteiger partial charge in [-0.2, -0.15) is 0 Å². The van der Waals surface area contributed by atoms with Crippen molar-refractivity contribution in [2.24, 2.45) is 0 Å². The fourth-order valence-electron chi connectivity index (χ4n) is 3.14. The molecule has 2 aromatic rings. The smallest absolute Gasteiger partial charge is 0.260 e. The SMILES string of the molecule is CCOc1cccc(OCC(=O)N2CCN(c3ccccc3OC)CC2)c1. The summed E-state index contributed by atoms with van der Waals surface area (Å²) >= 11 is 0. The molecule has 0 spiro atoms. The van der Waals surface area contributed by atoms with Gasteiger partial charge >= 0.3 is 0 Å². The minimum absolute atomic E-state index is 0.00325. The van der Waals surface area contributed by atoms with Crippen LogP contribution < -0.4 is 19.1 Å². The summed E-state index contributed by atoms with van der Waals surface area (Å²) in [4.78, 5) is 16.6.